The lowest BCUT2D eigenvalue weighted by Crippen LogP contribution is -2.53. The highest BCUT2D eigenvalue weighted by Crippen LogP contribution is 2.26. The molecule has 1 unspecified atom stereocenters. The highest BCUT2D eigenvalue weighted by Gasteiger charge is 2.36. The Morgan fingerprint density at radius 3 is 2.86 bits per heavy atom. The van der Waals surface area contributed by atoms with Gasteiger partial charge in [0.25, 0.3) is 0 Å². The van der Waals surface area contributed by atoms with Crippen LogP contribution in [0.2, 0.25) is 0 Å². The minimum atomic E-state index is -0.554. The second-order valence-electron chi connectivity index (χ2n) is 5.74. The number of carbonyl (C=O) groups excluding carboxylic acids is 1. The predicted molar refractivity (Wildman–Crippen MR) is 90.3 cm³/mol. The van der Waals surface area contributed by atoms with E-state index >= 15 is 0 Å². The Bertz CT molecular complexity index is 478. The van der Waals surface area contributed by atoms with E-state index in [0.29, 0.717) is 6.04 Å². The maximum Gasteiger partial charge on any atom is 0.237 e. The molecule has 2 rings (SSSR count). The number of rotatable bonds is 9. The van der Waals surface area contributed by atoms with Crippen LogP contribution < -0.4 is 11.1 Å². The molecule has 1 atom stereocenters. The van der Waals surface area contributed by atoms with Crippen LogP contribution in [0, 0.1) is 0 Å². The summed E-state index contributed by atoms with van der Waals surface area (Å²) in [5.41, 5.74) is 4.99. The molecule has 0 radical (unpaired) electrons. The quantitative estimate of drug-likeness (QED) is 0.516. The second kappa shape index (κ2) is 7.61. The van der Waals surface area contributed by atoms with Crippen molar-refractivity contribution in [2.45, 2.75) is 55.6 Å². The summed E-state index contributed by atoms with van der Waals surface area (Å²) in [6.45, 7) is 1.93. The number of hydrogen-bond acceptors (Lipinski definition) is 4. The van der Waals surface area contributed by atoms with Gasteiger partial charge in [-0.1, -0.05) is 6.42 Å². The normalized spacial score (nSPS) is 17.4. The van der Waals surface area contributed by atoms with Gasteiger partial charge >= 0.3 is 0 Å². The minimum absolute atomic E-state index is 0.239. The van der Waals surface area contributed by atoms with Crippen LogP contribution in [0.5, 0.6) is 0 Å². The summed E-state index contributed by atoms with van der Waals surface area (Å²) in [4.78, 5) is 16.0. The largest absolute Gasteiger partial charge is 0.368 e. The van der Waals surface area contributed by atoms with Crippen molar-refractivity contribution in [2.24, 2.45) is 5.73 Å². The highest BCUT2D eigenvalue weighted by molar-refractivity contribution is 9.10. The fourth-order valence-corrected chi connectivity index (χ4v) is 3.23. The molecule has 0 spiro atoms. The Balaban J connectivity index is 1.67. The van der Waals surface area contributed by atoms with Crippen molar-refractivity contribution >= 4 is 33.6 Å². The van der Waals surface area contributed by atoms with Crippen LogP contribution in [-0.2, 0) is 4.79 Å². The number of pyridine rings is 1. The lowest BCUT2D eigenvalue weighted by Gasteiger charge is -2.27. The van der Waals surface area contributed by atoms with Gasteiger partial charge in [0.1, 0.15) is 0 Å². The van der Waals surface area contributed by atoms with E-state index in [-0.39, 0.29) is 5.91 Å². The van der Waals surface area contributed by atoms with E-state index in [9.17, 15) is 4.79 Å². The Kier molecular flexibility index (Phi) is 6.08. The van der Waals surface area contributed by atoms with Crippen LogP contribution in [0.4, 0.5) is 0 Å². The topological polar surface area (TPSA) is 68.0 Å². The number of nitrogens with one attached hydrogen (secondary N) is 1. The van der Waals surface area contributed by atoms with Crippen molar-refractivity contribution in [1.82, 2.24) is 10.3 Å². The van der Waals surface area contributed by atoms with Gasteiger partial charge in [-0.25, -0.2) is 4.98 Å². The van der Waals surface area contributed by atoms with E-state index in [4.69, 9.17) is 5.73 Å². The zero-order valence-corrected chi connectivity index (χ0v) is 14.7. The van der Waals surface area contributed by atoms with E-state index in [1.807, 2.05) is 25.3 Å². The monoisotopic (exact) mass is 371 g/mol. The molecule has 3 N–H and O–H groups in total. The first-order valence-electron chi connectivity index (χ1n) is 7.31. The summed E-state index contributed by atoms with van der Waals surface area (Å²) >= 11 is 5.12. The van der Waals surface area contributed by atoms with Gasteiger partial charge in [0.15, 0.2) is 0 Å². The number of primary amides is 1. The van der Waals surface area contributed by atoms with Crippen molar-refractivity contribution < 1.29 is 4.79 Å². The van der Waals surface area contributed by atoms with Gasteiger partial charge < -0.3 is 11.1 Å². The smallest absolute Gasteiger partial charge is 0.237 e. The van der Waals surface area contributed by atoms with Crippen molar-refractivity contribution in [3.8, 4) is 0 Å². The van der Waals surface area contributed by atoms with Crippen LogP contribution >= 0.6 is 27.7 Å². The van der Waals surface area contributed by atoms with Gasteiger partial charge in [0.2, 0.25) is 5.91 Å². The number of amides is 1. The molecule has 1 amide bonds. The van der Waals surface area contributed by atoms with Crippen LogP contribution in [0.1, 0.15) is 39.0 Å². The van der Waals surface area contributed by atoms with Crippen molar-refractivity contribution in [1.29, 1.82) is 0 Å². The molecule has 0 aromatic carbocycles. The molecule has 4 nitrogen and oxygen atoms in total. The molecule has 1 fully saturated rings. The number of carbonyl (C=O) groups is 1. The van der Waals surface area contributed by atoms with Crippen molar-refractivity contribution in [2.75, 3.05) is 5.75 Å². The molecule has 1 aliphatic carbocycles. The minimum Gasteiger partial charge on any atom is -0.368 e. The van der Waals surface area contributed by atoms with Crippen molar-refractivity contribution in [3.63, 3.8) is 0 Å². The number of aromatic nitrogens is 1. The third-order valence-electron chi connectivity index (χ3n) is 3.67. The zero-order valence-electron chi connectivity index (χ0n) is 12.3. The summed E-state index contributed by atoms with van der Waals surface area (Å²) in [5.74, 6) is 0.768. The summed E-state index contributed by atoms with van der Waals surface area (Å²) in [6.07, 6.45) is 6.97. The standard InChI is InChI=1S/C15H22BrN3OS/c1-15(14(17)20,19-12-5-6-12)8-2-3-9-21-13-7-4-11(16)10-18-13/h4,7,10,12,19H,2-3,5-6,8-9H2,1H3,(H2,17,20). The summed E-state index contributed by atoms with van der Waals surface area (Å²) < 4.78 is 0.996. The molecule has 1 aromatic heterocycles. The molecule has 1 aromatic rings. The van der Waals surface area contributed by atoms with E-state index in [2.05, 4.69) is 26.2 Å². The first kappa shape index (κ1) is 16.8. The molecule has 21 heavy (non-hydrogen) atoms. The van der Waals surface area contributed by atoms with Crippen LogP contribution in [0.3, 0.4) is 0 Å². The molecule has 0 aliphatic heterocycles. The van der Waals surface area contributed by atoms with Gasteiger partial charge in [-0.2, -0.15) is 0 Å². The summed E-state index contributed by atoms with van der Waals surface area (Å²) in [6, 6.07) is 4.50. The highest BCUT2D eigenvalue weighted by atomic mass is 79.9. The van der Waals surface area contributed by atoms with Gasteiger partial charge in [-0.15, -0.1) is 11.8 Å². The molecule has 0 bridgehead atoms. The second-order valence-corrected chi connectivity index (χ2v) is 7.77. The van der Waals surface area contributed by atoms with Crippen LogP contribution in [-0.4, -0.2) is 28.2 Å². The van der Waals surface area contributed by atoms with Gasteiger partial charge in [0, 0.05) is 16.7 Å². The molecule has 1 aliphatic rings. The fraction of sp³-hybridized carbons (Fsp3) is 0.600. The molecule has 1 saturated carbocycles. The Morgan fingerprint density at radius 2 is 2.29 bits per heavy atom. The number of halogens is 1. The predicted octanol–water partition coefficient (Wildman–Crippen LogP) is 3.10. The average Bonchev–Trinajstić information content (AvgIpc) is 3.24. The van der Waals surface area contributed by atoms with Crippen LogP contribution in [0.25, 0.3) is 0 Å². The maximum atomic E-state index is 11.6. The Hall–Kier alpha value is -0.590. The lowest BCUT2D eigenvalue weighted by molar-refractivity contribution is -0.124. The molecule has 0 saturated heterocycles. The number of hydrogen-bond donors (Lipinski definition) is 2. The number of unbranched alkanes of at least 4 members (excludes halogenated alkanes) is 1. The first-order chi connectivity index (χ1) is 9.99. The molecule has 1 heterocycles. The maximum absolute atomic E-state index is 11.6. The van der Waals surface area contributed by atoms with Gasteiger partial charge in [-0.3, -0.25) is 4.79 Å². The van der Waals surface area contributed by atoms with Crippen molar-refractivity contribution in [3.05, 3.63) is 22.8 Å². The number of nitrogens with two attached hydrogens (primary N) is 1. The SMILES string of the molecule is CC(CCCCSc1ccc(Br)cn1)(NC1CC1)C(N)=O. The number of nitrogens with zero attached hydrogens (tertiary/aromatic N) is 1. The van der Waals surface area contributed by atoms with E-state index in [1.54, 1.807) is 11.8 Å². The molecular weight excluding hydrogens is 350 g/mol. The van der Waals surface area contributed by atoms with Gasteiger partial charge in [0.05, 0.1) is 10.6 Å². The first-order valence-corrected chi connectivity index (χ1v) is 9.09. The Morgan fingerprint density at radius 1 is 1.52 bits per heavy atom. The molecule has 6 heteroatoms. The zero-order chi connectivity index (χ0) is 15.3. The lowest BCUT2D eigenvalue weighted by atomic mass is 9.94. The molecule has 116 valence electrons. The average molecular weight is 372 g/mol. The van der Waals surface area contributed by atoms with E-state index in [0.717, 1.165) is 47.4 Å². The summed E-state index contributed by atoms with van der Waals surface area (Å²) in [5, 5.41) is 4.42. The van der Waals surface area contributed by atoms with E-state index < -0.39 is 5.54 Å². The number of thioether (sulfide) groups is 1. The van der Waals surface area contributed by atoms with Crippen LogP contribution in [0.15, 0.2) is 27.8 Å². The van der Waals surface area contributed by atoms with Gasteiger partial charge in [-0.05, 0) is 66.4 Å². The summed E-state index contributed by atoms with van der Waals surface area (Å²) in [7, 11) is 0. The third kappa shape index (κ3) is 5.60. The van der Waals surface area contributed by atoms with E-state index in [1.165, 1.54) is 0 Å². The Labute approximate surface area is 138 Å². The molecular formula is C15H22BrN3OS. The fourth-order valence-electron chi connectivity index (χ4n) is 2.15. The third-order valence-corrected chi connectivity index (χ3v) is 5.16.